The van der Waals surface area contributed by atoms with Gasteiger partial charge >= 0.3 is 0 Å². The van der Waals surface area contributed by atoms with Crippen molar-refractivity contribution in [2.45, 2.75) is 45.4 Å². The fraction of sp³-hybridized carbons (Fsp3) is 0.696. The van der Waals surface area contributed by atoms with Crippen LogP contribution >= 0.6 is 24.0 Å². The van der Waals surface area contributed by atoms with Gasteiger partial charge in [0.05, 0.1) is 31.9 Å². The van der Waals surface area contributed by atoms with Gasteiger partial charge in [-0.3, -0.25) is 9.89 Å². The lowest BCUT2D eigenvalue weighted by molar-refractivity contribution is -0.106. The third kappa shape index (κ3) is 5.34. The third-order valence-electron chi connectivity index (χ3n) is 6.90. The summed E-state index contributed by atoms with van der Waals surface area (Å²) in [6.07, 6.45) is 1.45. The summed E-state index contributed by atoms with van der Waals surface area (Å²) in [6.45, 7) is 12.1. The smallest absolute Gasteiger partial charge is 0.191 e. The van der Waals surface area contributed by atoms with Crippen molar-refractivity contribution in [1.29, 1.82) is 0 Å². The van der Waals surface area contributed by atoms with Crippen molar-refractivity contribution < 1.29 is 13.9 Å². The second kappa shape index (κ2) is 10.8. The predicted molar refractivity (Wildman–Crippen MR) is 131 cm³/mol. The predicted octanol–water partition coefficient (Wildman–Crippen LogP) is 3.19. The first kappa shape index (κ1) is 24.7. The van der Waals surface area contributed by atoms with Crippen LogP contribution in [0, 0.1) is 17.2 Å². The normalized spacial score (nSPS) is 28.8. The van der Waals surface area contributed by atoms with Gasteiger partial charge in [-0.2, -0.15) is 0 Å². The fourth-order valence-electron chi connectivity index (χ4n) is 5.27. The van der Waals surface area contributed by atoms with Gasteiger partial charge in [-0.15, -0.1) is 24.0 Å². The van der Waals surface area contributed by atoms with Crippen LogP contribution in [-0.4, -0.2) is 69.0 Å². The number of hydrogen-bond donors (Lipinski definition) is 2. The Morgan fingerprint density at radius 1 is 1.23 bits per heavy atom. The molecule has 0 bridgehead atoms. The van der Waals surface area contributed by atoms with E-state index < -0.39 is 0 Å². The molecule has 0 aromatic heterocycles. The average molecular weight is 546 g/mol. The van der Waals surface area contributed by atoms with Crippen molar-refractivity contribution in [2.24, 2.45) is 16.3 Å². The van der Waals surface area contributed by atoms with Crippen LogP contribution in [0.25, 0.3) is 0 Å². The Kier molecular flexibility index (Phi) is 8.57. The Hall–Kier alpha value is -0.970. The quantitative estimate of drug-likeness (QED) is 0.326. The van der Waals surface area contributed by atoms with Crippen LogP contribution in [0.1, 0.15) is 38.8 Å². The molecule has 2 N–H and O–H groups in total. The highest BCUT2D eigenvalue weighted by Gasteiger charge is 2.59. The number of aliphatic imine (C=N–C) groups is 1. The van der Waals surface area contributed by atoms with E-state index in [-0.39, 0.29) is 41.3 Å². The van der Waals surface area contributed by atoms with Crippen LogP contribution in [0.4, 0.5) is 4.39 Å². The fourth-order valence-corrected chi connectivity index (χ4v) is 5.27. The monoisotopic (exact) mass is 546 g/mol. The number of morpholine rings is 1. The van der Waals surface area contributed by atoms with E-state index in [9.17, 15) is 4.39 Å². The van der Waals surface area contributed by atoms with Crippen LogP contribution in [0.15, 0.2) is 29.3 Å². The van der Waals surface area contributed by atoms with Crippen LogP contribution in [0.5, 0.6) is 0 Å². The molecule has 0 radical (unpaired) electrons. The van der Waals surface area contributed by atoms with E-state index in [0.29, 0.717) is 24.6 Å². The Morgan fingerprint density at radius 2 is 1.94 bits per heavy atom. The zero-order valence-corrected chi connectivity index (χ0v) is 21.1. The van der Waals surface area contributed by atoms with Crippen molar-refractivity contribution in [1.82, 2.24) is 15.5 Å². The van der Waals surface area contributed by atoms with Crippen molar-refractivity contribution >= 4 is 29.9 Å². The molecule has 1 aromatic carbocycles. The Labute approximate surface area is 202 Å². The van der Waals surface area contributed by atoms with Gasteiger partial charge < -0.3 is 20.1 Å². The lowest BCUT2D eigenvalue weighted by Crippen LogP contribution is -2.68. The molecule has 8 heteroatoms. The van der Waals surface area contributed by atoms with E-state index >= 15 is 0 Å². The molecule has 2 heterocycles. The Balaban J connectivity index is 0.00000272. The minimum atomic E-state index is -0.210. The average Bonchev–Trinajstić information content (AvgIpc) is 3.21. The van der Waals surface area contributed by atoms with Gasteiger partial charge in [0.2, 0.25) is 0 Å². The summed E-state index contributed by atoms with van der Waals surface area (Å²) >= 11 is 0. The van der Waals surface area contributed by atoms with E-state index in [0.717, 1.165) is 57.4 Å². The Bertz CT molecular complexity index is 740. The van der Waals surface area contributed by atoms with Crippen molar-refractivity contribution in [2.75, 3.05) is 46.0 Å². The van der Waals surface area contributed by atoms with E-state index in [1.165, 1.54) is 12.1 Å². The molecule has 3 aliphatic rings. The largest absolute Gasteiger partial charge is 0.379 e. The molecule has 3 fully saturated rings. The summed E-state index contributed by atoms with van der Waals surface area (Å²) < 4.78 is 25.0. The number of ether oxygens (including phenoxy) is 2. The first-order chi connectivity index (χ1) is 14.5. The molecule has 4 rings (SSSR count). The van der Waals surface area contributed by atoms with Crippen LogP contribution in [-0.2, 0) is 9.47 Å². The van der Waals surface area contributed by atoms with E-state index in [1.807, 2.05) is 12.1 Å². The molecule has 0 spiro atoms. The Morgan fingerprint density at radius 3 is 2.61 bits per heavy atom. The number of nitrogens with one attached hydrogen (secondary N) is 2. The summed E-state index contributed by atoms with van der Waals surface area (Å²) in [6, 6.07) is 7.28. The number of hydrogen-bond acceptors (Lipinski definition) is 4. The van der Waals surface area contributed by atoms with Gasteiger partial charge in [0.25, 0.3) is 0 Å². The topological polar surface area (TPSA) is 58.1 Å². The van der Waals surface area contributed by atoms with Crippen molar-refractivity contribution in [3.8, 4) is 0 Å². The summed E-state index contributed by atoms with van der Waals surface area (Å²) in [4.78, 5) is 7.35. The van der Waals surface area contributed by atoms with Crippen LogP contribution in [0.3, 0.4) is 0 Å². The third-order valence-corrected chi connectivity index (χ3v) is 6.90. The highest BCUT2D eigenvalue weighted by molar-refractivity contribution is 14.0. The highest BCUT2D eigenvalue weighted by Crippen LogP contribution is 2.52. The number of guanidine groups is 1. The van der Waals surface area contributed by atoms with Gasteiger partial charge in [0, 0.05) is 43.6 Å². The van der Waals surface area contributed by atoms with E-state index in [4.69, 9.17) is 14.5 Å². The van der Waals surface area contributed by atoms with Gasteiger partial charge in [-0.25, -0.2) is 4.39 Å². The molecule has 174 valence electrons. The molecule has 2 aliphatic heterocycles. The highest BCUT2D eigenvalue weighted by atomic mass is 127. The standard InChI is InChI=1S/C23H35FN4O2.HI/c1-4-25-22(27-20-18-9-12-30-21(18)23(20,2)3)26-15-19(28-10-13-29-14-11-28)16-5-7-17(24)8-6-16;/h5-8,18-21H,4,9-15H2,1-3H3,(H2,25,26,27);1H. The molecular formula is C23H36FIN4O2. The maximum absolute atomic E-state index is 13.5. The molecule has 6 nitrogen and oxygen atoms in total. The summed E-state index contributed by atoms with van der Waals surface area (Å²) in [5, 5.41) is 7.10. The number of benzene rings is 1. The zero-order valence-electron chi connectivity index (χ0n) is 18.8. The summed E-state index contributed by atoms with van der Waals surface area (Å²) in [7, 11) is 0. The van der Waals surface area contributed by atoms with E-state index in [1.54, 1.807) is 0 Å². The van der Waals surface area contributed by atoms with Crippen LogP contribution in [0.2, 0.25) is 0 Å². The molecule has 2 saturated heterocycles. The lowest BCUT2D eigenvalue weighted by atomic mass is 9.57. The maximum atomic E-state index is 13.5. The molecule has 31 heavy (non-hydrogen) atoms. The molecule has 1 aliphatic carbocycles. The second-order valence-electron chi connectivity index (χ2n) is 9.12. The molecule has 4 unspecified atom stereocenters. The molecule has 4 atom stereocenters. The van der Waals surface area contributed by atoms with E-state index in [2.05, 4.69) is 36.3 Å². The minimum absolute atomic E-state index is 0. The first-order valence-corrected chi connectivity index (χ1v) is 11.2. The minimum Gasteiger partial charge on any atom is -0.379 e. The molecule has 0 amide bonds. The summed E-state index contributed by atoms with van der Waals surface area (Å²) in [5.41, 5.74) is 1.18. The molecule has 1 aromatic rings. The van der Waals surface area contributed by atoms with Gasteiger partial charge in [-0.05, 0) is 31.0 Å². The first-order valence-electron chi connectivity index (χ1n) is 11.2. The van der Waals surface area contributed by atoms with Crippen molar-refractivity contribution in [3.63, 3.8) is 0 Å². The van der Waals surface area contributed by atoms with Crippen LogP contribution < -0.4 is 10.6 Å². The van der Waals surface area contributed by atoms with Crippen molar-refractivity contribution in [3.05, 3.63) is 35.6 Å². The van der Waals surface area contributed by atoms with Gasteiger partial charge in [0.1, 0.15) is 5.82 Å². The molecule has 1 saturated carbocycles. The number of fused-ring (bicyclic) bond motifs is 1. The SMILES string of the molecule is CCNC(=NCC(c1ccc(F)cc1)N1CCOCC1)NC1C2CCOC2C1(C)C.I. The number of nitrogens with zero attached hydrogens (tertiary/aromatic N) is 2. The van der Waals surface area contributed by atoms with Gasteiger partial charge in [-0.1, -0.05) is 26.0 Å². The number of halogens is 2. The zero-order chi connectivity index (χ0) is 21.1. The lowest BCUT2D eigenvalue weighted by Gasteiger charge is -2.55. The summed E-state index contributed by atoms with van der Waals surface area (Å²) in [5.74, 6) is 1.19. The van der Waals surface area contributed by atoms with Gasteiger partial charge in [0.15, 0.2) is 5.96 Å². The maximum Gasteiger partial charge on any atom is 0.191 e. The number of rotatable bonds is 6. The second-order valence-corrected chi connectivity index (χ2v) is 9.12. The molecular weight excluding hydrogens is 510 g/mol.